The van der Waals surface area contributed by atoms with Crippen molar-refractivity contribution in [2.45, 2.75) is 25.7 Å². The van der Waals surface area contributed by atoms with Gasteiger partial charge in [0, 0.05) is 45.8 Å². The third-order valence-corrected chi connectivity index (χ3v) is 4.11. The van der Waals surface area contributed by atoms with Crippen molar-refractivity contribution in [2.24, 2.45) is 11.8 Å². The van der Waals surface area contributed by atoms with Gasteiger partial charge in [-0.15, -0.1) is 12.4 Å². The van der Waals surface area contributed by atoms with Crippen LogP contribution in [-0.2, 0) is 14.3 Å². The molecule has 2 N–H and O–H groups in total. The molecule has 0 aromatic heterocycles. The summed E-state index contributed by atoms with van der Waals surface area (Å²) in [6, 6.07) is 0. The largest absolute Gasteiger partial charge is 0.383 e. The highest BCUT2D eigenvalue weighted by atomic mass is 35.5. The van der Waals surface area contributed by atoms with Gasteiger partial charge in [-0.05, 0) is 25.7 Å². The first kappa shape index (κ1) is 19.2. The first-order valence-electron chi connectivity index (χ1n) is 7.98. The molecule has 22 heavy (non-hydrogen) atoms. The molecule has 2 fully saturated rings. The maximum atomic E-state index is 12.1. The Morgan fingerprint density at radius 3 is 2.59 bits per heavy atom. The van der Waals surface area contributed by atoms with Crippen LogP contribution in [0.5, 0.6) is 0 Å². The molecule has 128 valence electrons. The molecular weight excluding hydrogens is 306 g/mol. The summed E-state index contributed by atoms with van der Waals surface area (Å²) in [6.45, 7) is 4.24. The van der Waals surface area contributed by atoms with Gasteiger partial charge in [-0.1, -0.05) is 0 Å². The van der Waals surface area contributed by atoms with Crippen molar-refractivity contribution < 1.29 is 14.3 Å². The molecule has 0 radical (unpaired) electrons. The predicted octanol–water partition coefficient (Wildman–Crippen LogP) is 0.409. The molecule has 0 spiro atoms. The normalized spacial score (nSPS) is 21.1. The van der Waals surface area contributed by atoms with Crippen molar-refractivity contribution in [3.05, 3.63) is 0 Å². The van der Waals surface area contributed by atoms with Crippen molar-refractivity contribution in [2.75, 3.05) is 46.4 Å². The van der Waals surface area contributed by atoms with E-state index in [1.54, 1.807) is 7.11 Å². The van der Waals surface area contributed by atoms with Crippen molar-refractivity contribution >= 4 is 24.2 Å². The number of ether oxygens (including phenoxy) is 1. The van der Waals surface area contributed by atoms with Gasteiger partial charge in [-0.2, -0.15) is 0 Å². The molecule has 0 bridgehead atoms. The Hall–Kier alpha value is -0.850. The number of amides is 2. The van der Waals surface area contributed by atoms with Crippen LogP contribution in [0.4, 0.5) is 0 Å². The summed E-state index contributed by atoms with van der Waals surface area (Å²) in [6.07, 6.45) is 3.87. The topological polar surface area (TPSA) is 70.7 Å². The Balaban J connectivity index is 0.00000242. The molecular formula is C15H28ClN3O3. The summed E-state index contributed by atoms with van der Waals surface area (Å²) in [5.74, 6) is 0.544. The SMILES string of the molecule is COCCNCCNC(=O)C1CCCN(C(=O)C2CC2)C1.Cl. The number of hydrogen-bond donors (Lipinski definition) is 2. The number of piperidine rings is 1. The summed E-state index contributed by atoms with van der Waals surface area (Å²) in [4.78, 5) is 26.1. The van der Waals surface area contributed by atoms with E-state index in [2.05, 4.69) is 10.6 Å². The smallest absolute Gasteiger partial charge is 0.225 e. The van der Waals surface area contributed by atoms with Crippen molar-refractivity contribution in [3.63, 3.8) is 0 Å². The molecule has 6 nitrogen and oxygen atoms in total. The fourth-order valence-electron chi connectivity index (χ4n) is 2.70. The third kappa shape index (κ3) is 6.10. The lowest BCUT2D eigenvalue weighted by Gasteiger charge is -2.32. The van der Waals surface area contributed by atoms with E-state index < -0.39 is 0 Å². The number of likely N-dealkylation sites (tertiary alicyclic amines) is 1. The molecule has 1 aliphatic heterocycles. The highest BCUT2D eigenvalue weighted by Crippen LogP contribution is 2.32. The van der Waals surface area contributed by atoms with Gasteiger partial charge < -0.3 is 20.3 Å². The average molecular weight is 334 g/mol. The first-order chi connectivity index (χ1) is 10.2. The van der Waals surface area contributed by atoms with Crippen LogP contribution in [0.3, 0.4) is 0 Å². The second-order valence-electron chi connectivity index (χ2n) is 5.93. The molecule has 2 amide bonds. The van der Waals surface area contributed by atoms with Crippen LogP contribution in [0.1, 0.15) is 25.7 Å². The van der Waals surface area contributed by atoms with E-state index in [9.17, 15) is 9.59 Å². The van der Waals surface area contributed by atoms with Crippen LogP contribution in [0.25, 0.3) is 0 Å². The lowest BCUT2D eigenvalue weighted by molar-refractivity contribution is -0.136. The van der Waals surface area contributed by atoms with E-state index in [-0.39, 0.29) is 36.1 Å². The second-order valence-corrected chi connectivity index (χ2v) is 5.93. The summed E-state index contributed by atoms with van der Waals surface area (Å²) in [5.41, 5.74) is 0. The highest BCUT2D eigenvalue weighted by molar-refractivity contribution is 5.85. The molecule has 1 atom stereocenters. The fraction of sp³-hybridized carbons (Fsp3) is 0.867. The standard InChI is InChI=1S/C15H27N3O3.ClH/c1-21-10-8-16-6-7-17-14(19)13-3-2-9-18(11-13)15(20)12-4-5-12;/h12-13,16H,2-11H2,1H3,(H,17,19);1H. The molecule has 1 saturated heterocycles. The number of carbonyl (C=O) groups is 2. The molecule has 1 heterocycles. The number of hydrogen-bond acceptors (Lipinski definition) is 4. The number of methoxy groups -OCH3 is 1. The number of halogens is 1. The van der Waals surface area contributed by atoms with E-state index >= 15 is 0 Å². The number of nitrogens with zero attached hydrogens (tertiary/aromatic N) is 1. The van der Waals surface area contributed by atoms with Crippen molar-refractivity contribution in [3.8, 4) is 0 Å². The Labute approximate surface area is 138 Å². The molecule has 0 aromatic rings. The monoisotopic (exact) mass is 333 g/mol. The van der Waals surface area contributed by atoms with Gasteiger partial charge >= 0.3 is 0 Å². The summed E-state index contributed by atoms with van der Waals surface area (Å²) in [7, 11) is 1.67. The van der Waals surface area contributed by atoms with E-state index in [4.69, 9.17) is 4.74 Å². The number of nitrogens with one attached hydrogen (secondary N) is 2. The van der Waals surface area contributed by atoms with Crippen LogP contribution >= 0.6 is 12.4 Å². The predicted molar refractivity (Wildman–Crippen MR) is 87.0 cm³/mol. The summed E-state index contributed by atoms with van der Waals surface area (Å²) >= 11 is 0. The maximum Gasteiger partial charge on any atom is 0.225 e. The quantitative estimate of drug-likeness (QED) is 0.631. The Morgan fingerprint density at radius 2 is 1.91 bits per heavy atom. The van der Waals surface area contributed by atoms with Gasteiger partial charge in [0.05, 0.1) is 12.5 Å². The average Bonchev–Trinajstić information content (AvgIpc) is 3.34. The van der Waals surface area contributed by atoms with Gasteiger partial charge in [-0.25, -0.2) is 0 Å². The first-order valence-corrected chi connectivity index (χ1v) is 7.98. The zero-order valence-corrected chi connectivity index (χ0v) is 14.1. The van der Waals surface area contributed by atoms with Crippen LogP contribution in [0.15, 0.2) is 0 Å². The summed E-state index contributed by atoms with van der Waals surface area (Å²) in [5, 5.41) is 6.14. The van der Waals surface area contributed by atoms with E-state index in [0.717, 1.165) is 45.3 Å². The van der Waals surface area contributed by atoms with Crippen LogP contribution in [0.2, 0.25) is 0 Å². The Bertz CT molecular complexity index is 364. The molecule has 2 aliphatic rings. The summed E-state index contributed by atoms with van der Waals surface area (Å²) < 4.78 is 4.94. The minimum atomic E-state index is -0.0413. The van der Waals surface area contributed by atoms with Gasteiger partial charge in [-0.3, -0.25) is 9.59 Å². The number of rotatable bonds is 8. The van der Waals surface area contributed by atoms with Crippen molar-refractivity contribution in [1.29, 1.82) is 0 Å². The minimum absolute atomic E-state index is 0. The molecule has 1 unspecified atom stereocenters. The van der Waals surface area contributed by atoms with Crippen LogP contribution < -0.4 is 10.6 Å². The fourth-order valence-corrected chi connectivity index (χ4v) is 2.70. The molecule has 0 aromatic carbocycles. The number of carbonyl (C=O) groups excluding carboxylic acids is 2. The molecule has 7 heteroatoms. The van der Waals surface area contributed by atoms with Gasteiger partial charge in [0.1, 0.15) is 0 Å². The van der Waals surface area contributed by atoms with E-state index in [1.807, 2.05) is 4.90 Å². The lowest BCUT2D eigenvalue weighted by Crippen LogP contribution is -2.46. The second kappa shape index (κ2) is 10.0. The molecule has 1 saturated carbocycles. The van der Waals surface area contributed by atoms with E-state index in [1.165, 1.54) is 0 Å². The zero-order valence-electron chi connectivity index (χ0n) is 13.3. The third-order valence-electron chi connectivity index (χ3n) is 4.11. The van der Waals surface area contributed by atoms with Gasteiger partial charge in [0.15, 0.2) is 0 Å². The zero-order chi connectivity index (χ0) is 15.1. The van der Waals surface area contributed by atoms with Gasteiger partial charge in [0.25, 0.3) is 0 Å². The van der Waals surface area contributed by atoms with Crippen LogP contribution in [0, 0.1) is 11.8 Å². The minimum Gasteiger partial charge on any atom is -0.383 e. The van der Waals surface area contributed by atoms with Gasteiger partial charge in [0.2, 0.25) is 11.8 Å². The lowest BCUT2D eigenvalue weighted by atomic mass is 9.96. The van der Waals surface area contributed by atoms with Crippen LogP contribution in [-0.4, -0.2) is 63.2 Å². The maximum absolute atomic E-state index is 12.1. The van der Waals surface area contributed by atoms with E-state index in [0.29, 0.717) is 19.7 Å². The van der Waals surface area contributed by atoms with Crippen molar-refractivity contribution in [1.82, 2.24) is 15.5 Å². The molecule has 1 aliphatic carbocycles. The molecule has 2 rings (SSSR count). The Morgan fingerprint density at radius 1 is 1.14 bits per heavy atom. The Kier molecular flexibility index (Phi) is 8.75. The highest BCUT2D eigenvalue weighted by Gasteiger charge is 2.36.